The SMILES string of the molecule is CC(c1ccccc1)[C@H](NS(=O)(=O)c1ccc(-c2ccc(NC(=O)c3cc4ccccc4o3)cc2)cc1)C(=O)O. The highest BCUT2D eigenvalue weighted by molar-refractivity contribution is 7.89. The second-order valence-corrected chi connectivity index (χ2v) is 11.1. The van der Waals surface area contributed by atoms with Crippen LogP contribution in [0.1, 0.15) is 29.0 Å². The number of hydrogen-bond donors (Lipinski definition) is 3. The number of benzene rings is 4. The molecule has 3 N–H and O–H groups in total. The molecule has 1 aromatic heterocycles. The maximum Gasteiger partial charge on any atom is 0.322 e. The second kappa shape index (κ2) is 11.2. The molecule has 0 aliphatic rings. The van der Waals surface area contributed by atoms with E-state index in [4.69, 9.17) is 4.42 Å². The van der Waals surface area contributed by atoms with E-state index in [2.05, 4.69) is 10.0 Å². The molecule has 5 aromatic rings. The van der Waals surface area contributed by atoms with Crippen LogP contribution in [-0.2, 0) is 14.8 Å². The van der Waals surface area contributed by atoms with Gasteiger partial charge in [-0.2, -0.15) is 4.72 Å². The first-order valence-electron chi connectivity index (χ1n) is 12.5. The maximum absolute atomic E-state index is 13.0. The topological polar surface area (TPSA) is 126 Å². The largest absolute Gasteiger partial charge is 0.480 e. The number of carboxylic acids is 1. The minimum absolute atomic E-state index is 0.0440. The molecule has 40 heavy (non-hydrogen) atoms. The zero-order valence-electron chi connectivity index (χ0n) is 21.4. The Morgan fingerprint density at radius 1 is 0.800 bits per heavy atom. The number of carboxylic acid groups (broad SMARTS) is 1. The lowest BCUT2D eigenvalue weighted by atomic mass is 9.94. The van der Waals surface area contributed by atoms with Gasteiger partial charge in [-0.25, -0.2) is 8.42 Å². The Morgan fingerprint density at radius 2 is 1.40 bits per heavy atom. The maximum atomic E-state index is 13.0. The average molecular weight is 555 g/mol. The van der Waals surface area contributed by atoms with Crippen molar-refractivity contribution in [3.8, 4) is 11.1 Å². The summed E-state index contributed by atoms with van der Waals surface area (Å²) < 4.78 is 34.0. The minimum atomic E-state index is -4.10. The Balaban J connectivity index is 1.27. The third-order valence-corrected chi connectivity index (χ3v) is 8.12. The van der Waals surface area contributed by atoms with Crippen LogP contribution in [0.3, 0.4) is 0 Å². The van der Waals surface area contributed by atoms with E-state index < -0.39 is 28.0 Å². The van der Waals surface area contributed by atoms with Crippen LogP contribution in [0.4, 0.5) is 5.69 Å². The summed E-state index contributed by atoms with van der Waals surface area (Å²) in [7, 11) is -4.10. The van der Waals surface area contributed by atoms with Gasteiger partial charge in [-0.1, -0.05) is 79.7 Å². The molecule has 0 aliphatic carbocycles. The van der Waals surface area contributed by atoms with Crippen LogP contribution in [0.5, 0.6) is 0 Å². The molecule has 0 radical (unpaired) electrons. The third-order valence-electron chi connectivity index (χ3n) is 6.66. The molecule has 0 saturated heterocycles. The minimum Gasteiger partial charge on any atom is -0.480 e. The Kier molecular flexibility index (Phi) is 7.50. The number of hydrogen-bond acceptors (Lipinski definition) is 5. The van der Waals surface area contributed by atoms with Crippen LogP contribution in [0.25, 0.3) is 22.1 Å². The number of carbonyl (C=O) groups excluding carboxylic acids is 1. The summed E-state index contributed by atoms with van der Waals surface area (Å²) in [5.74, 6) is -2.01. The summed E-state index contributed by atoms with van der Waals surface area (Å²) in [5, 5.41) is 13.4. The summed E-state index contributed by atoms with van der Waals surface area (Å²) >= 11 is 0. The van der Waals surface area contributed by atoms with Gasteiger partial charge in [-0.3, -0.25) is 9.59 Å². The second-order valence-electron chi connectivity index (χ2n) is 9.34. The molecule has 0 bridgehead atoms. The summed E-state index contributed by atoms with van der Waals surface area (Å²) in [5.41, 5.74) is 3.48. The van der Waals surface area contributed by atoms with Crippen LogP contribution in [-0.4, -0.2) is 31.4 Å². The highest BCUT2D eigenvalue weighted by atomic mass is 32.2. The van der Waals surface area contributed by atoms with Gasteiger partial charge in [0.2, 0.25) is 10.0 Å². The summed E-state index contributed by atoms with van der Waals surface area (Å²) in [6.45, 7) is 1.67. The molecular weight excluding hydrogens is 528 g/mol. The van der Waals surface area contributed by atoms with E-state index in [0.717, 1.165) is 16.5 Å². The molecule has 2 atom stereocenters. The third kappa shape index (κ3) is 5.80. The van der Waals surface area contributed by atoms with Crippen molar-refractivity contribution in [2.75, 3.05) is 5.32 Å². The number of fused-ring (bicyclic) bond motifs is 1. The molecule has 0 aliphatic heterocycles. The molecule has 1 amide bonds. The Hall–Kier alpha value is -4.73. The van der Waals surface area contributed by atoms with E-state index in [-0.39, 0.29) is 16.6 Å². The predicted molar refractivity (Wildman–Crippen MR) is 153 cm³/mol. The highest BCUT2D eigenvalue weighted by Gasteiger charge is 2.31. The molecule has 1 unspecified atom stereocenters. The number of rotatable bonds is 9. The molecule has 8 nitrogen and oxygen atoms in total. The molecule has 1 heterocycles. The summed E-state index contributed by atoms with van der Waals surface area (Å²) in [6, 6.07) is 29.9. The monoisotopic (exact) mass is 554 g/mol. The highest BCUT2D eigenvalue weighted by Crippen LogP contribution is 2.26. The smallest absolute Gasteiger partial charge is 0.322 e. The Bertz CT molecular complexity index is 1730. The molecular formula is C31H26N2O6S. The first kappa shape index (κ1) is 26.9. The van der Waals surface area contributed by atoms with Crippen molar-refractivity contribution >= 4 is 38.6 Å². The van der Waals surface area contributed by atoms with Crippen molar-refractivity contribution in [3.05, 3.63) is 121 Å². The first-order chi connectivity index (χ1) is 19.2. The lowest BCUT2D eigenvalue weighted by Crippen LogP contribution is -2.44. The van der Waals surface area contributed by atoms with Crippen molar-refractivity contribution in [1.82, 2.24) is 4.72 Å². The number of anilines is 1. The number of carbonyl (C=O) groups is 2. The normalized spacial score (nSPS) is 13.0. The van der Waals surface area contributed by atoms with Crippen LogP contribution < -0.4 is 10.0 Å². The number of amides is 1. The lowest BCUT2D eigenvalue weighted by Gasteiger charge is -2.22. The van der Waals surface area contributed by atoms with Gasteiger partial charge in [-0.15, -0.1) is 0 Å². The van der Waals surface area contributed by atoms with Gasteiger partial charge >= 0.3 is 5.97 Å². The summed E-state index contributed by atoms with van der Waals surface area (Å²) in [6.07, 6.45) is 0. The Labute approximate surface area is 231 Å². The van der Waals surface area contributed by atoms with E-state index in [0.29, 0.717) is 16.8 Å². The number of sulfonamides is 1. The Morgan fingerprint density at radius 3 is 2.02 bits per heavy atom. The summed E-state index contributed by atoms with van der Waals surface area (Å²) in [4.78, 5) is 24.5. The van der Waals surface area contributed by atoms with Crippen molar-refractivity contribution in [2.24, 2.45) is 0 Å². The number of aliphatic carboxylic acids is 1. The van der Waals surface area contributed by atoms with Crippen molar-refractivity contribution < 1.29 is 27.5 Å². The van der Waals surface area contributed by atoms with Gasteiger partial charge in [0, 0.05) is 17.0 Å². The standard InChI is InChI=1S/C31H26N2O6S/c1-20(21-7-3-2-4-8-21)29(31(35)36)33-40(37,38)26-17-13-23(14-18-26)22-11-15-25(16-12-22)32-30(34)28-19-24-9-5-6-10-27(24)39-28/h2-20,29,33H,1H3,(H,32,34)(H,35,36)/t20?,29-/m0/s1. The van der Waals surface area contributed by atoms with Crippen LogP contribution in [0.2, 0.25) is 0 Å². The molecule has 0 saturated carbocycles. The predicted octanol–water partition coefficient (Wildman–Crippen LogP) is 5.89. The fraction of sp³-hybridized carbons (Fsp3) is 0.0968. The lowest BCUT2D eigenvalue weighted by molar-refractivity contribution is -0.139. The van der Waals surface area contributed by atoms with Gasteiger partial charge in [0.15, 0.2) is 5.76 Å². The first-order valence-corrected chi connectivity index (χ1v) is 14.0. The van der Waals surface area contributed by atoms with Crippen LogP contribution >= 0.6 is 0 Å². The fourth-order valence-corrected chi connectivity index (χ4v) is 5.68. The van der Waals surface area contributed by atoms with Gasteiger partial charge in [0.1, 0.15) is 11.6 Å². The van der Waals surface area contributed by atoms with E-state index >= 15 is 0 Å². The number of para-hydroxylation sites is 1. The van der Waals surface area contributed by atoms with E-state index in [1.807, 2.05) is 24.3 Å². The van der Waals surface area contributed by atoms with Crippen molar-refractivity contribution in [2.45, 2.75) is 23.8 Å². The molecule has 0 spiro atoms. The van der Waals surface area contributed by atoms with E-state index in [1.165, 1.54) is 12.1 Å². The van der Waals surface area contributed by atoms with Gasteiger partial charge in [-0.05, 0) is 53.1 Å². The zero-order valence-corrected chi connectivity index (χ0v) is 22.3. The number of furan rings is 1. The zero-order chi connectivity index (χ0) is 28.3. The molecule has 5 rings (SSSR count). The van der Waals surface area contributed by atoms with Crippen LogP contribution in [0.15, 0.2) is 119 Å². The average Bonchev–Trinajstić information content (AvgIpc) is 3.41. The molecule has 0 fully saturated rings. The van der Waals surface area contributed by atoms with E-state index in [1.54, 1.807) is 79.7 Å². The van der Waals surface area contributed by atoms with Gasteiger partial charge < -0.3 is 14.8 Å². The van der Waals surface area contributed by atoms with Crippen LogP contribution in [0, 0.1) is 0 Å². The molecule has 9 heteroatoms. The van der Waals surface area contributed by atoms with Gasteiger partial charge in [0.25, 0.3) is 5.91 Å². The number of nitrogens with one attached hydrogen (secondary N) is 2. The quantitative estimate of drug-likeness (QED) is 0.209. The fourth-order valence-electron chi connectivity index (χ4n) is 4.41. The van der Waals surface area contributed by atoms with Crippen molar-refractivity contribution in [1.29, 1.82) is 0 Å². The van der Waals surface area contributed by atoms with Crippen molar-refractivity contribution in [3.63, 3.8) is 0 Å². The van der Waals surface area contributed by atoms with Gasteiger partial charge in [0.05, 0.1) is 4.90 Å². The molecule has 202 valence electrons. The van der Waals surface area contributed by atoms with E-state index in [9.17, 15) is 23.1 Å². The molecule has 4 aromatic carbocycles.